The second kappa shape index (κ2) is 13.4. The Balaban J connectivity index is 1.65. The molecule has 12 heteroatoms. The number of amides is 1. The first-order valence-corrected chi connectivity index (χ1v) is 15.1. The van der Waals surface area contributed by atoms with Crippen LogP contribution >= 0.6 is 0 Å². The van der Waals surface area contributed by atoms with E-state index in [0.717, 1.165) is 17.4 Å². The van der Waals surface area contributed by atoms with E-state index in [9.17, 15) is 19.2 Å². The third-order valence-electron chi connectivity index (χ3n) is 7.56. The minimum absolute atomic E-state index is 0.120. The number of carbonyl (C=O) groups is 2. The predicted octanol–water partition coefficient (Wildman–Crippen LogP) is 3.76. The highest BCUT2D eigenvalue weighted by atomic mass is 16.6. The van der Waals surface area contributed by atoms with Crippen LogP contribution < -0.4 is 26.2 Å². The number of ether oxygens (including phenoxy) is 2. The van der Waals surface area contributed by atoms with Gasteiger partial charge >= 0.3 is 11.8 Å². The SMILES string of the molecule is CC#CCn1c(N2CCC[C@@H](NC(=O)OC(C)(C)C)C2)nc2c1c(=O)n(CC(=O)c1cccc(OC)c1)c(=O)n2-c1ccccc1. The Labute approximate surface area is 266 Å². The van der Waals surface area contributed by atoms with Crippen molar-refractivity contribution in [2.75, 3.05) is 25.1 Å². The van der Waals surface area contributed by atoms with Crippen molar-refractivity contribution in [3.05, 3.63) is 81.0 Å². The first-order valence-electron chi connectivity index (χ1n) is 15.1. The zero-order valence-corrected chi connectivity index (χ0v) is 26.7. The first kappa shape index (κ1) is 32.1. The highest BCUT2D eigenvalue weighted by molar-refractivity contribution is 5.96. The van der Waals surface area contributed by atoms with E-state index in [2.05, 4.69) is 17.2 Å². The average molecular weight is 627 g/mol. The standard InChI is InChI=1S/C34H38N6O6/c1-6-7-19-38-28-29(36-31(38)37-18-12-14-24(21-37)35-32(43)46-34(2,3)4)40(25-15-9-8-10-16-25)33(44)39(30(28)42)22-27(41)23-13-11-17-26(20-23)45-5/h8-11,13,15-17,20,24H,12,14,18-19,21-22H2,1-5H3,(H,35,43)/t24-/m1/s1. The second-order valence-corrected chi connectivity index (χ2v) is 12.0. The van der Waals surface area contributed by atoms with Crippen molar-refractivity contribution >= 4 is 29.0 Å². The van der Waals surface area contributed by atoms with Crippen LogP contribution in [-0.4, -0.2) is 62.4 Å². The number of fused-ring (bicyclic) bond motifs is 1. The zero-order chi connectivity index (χ0) is 33.0. The van der Waals surface area contributed by atoms with Crippen molar-refractivity contribution in [3.8, 4) is 23.3 Å². The summed E-state index contributed by atoms with van der Waals surface area (Å²) in [6.45, 7) is 7.76. The number of Topliss-reactive ketones (excluding diaryl/α,β-unsaturated/α-hetero) is 1. The minimum atomic E-state index is -0.694. The van der Waals surface area contributed by atoms with Crippen LogP contribution in [0.1, 0.15) is 50.9 Å². The number of alkyl carbamates (subject to hydrolysis) is 1. The van der Waals surface area contributed by atoms with Gasteiger partial charge in [-0.05, 0) is 64.8 Å². The molecule has 2 aromatic heterocycles. The fourth-order valence-corrected chi connectivity index (χ4v) is 5.50. The number of piperidine rings is 1. The Bertz CT molecular complexity index is 1940. The molecule has 4 aromatic rings. The van der Waals surface area contributed by atoms with Crippen LogP contribution in [0, 0.1) is 11.8 Å². The molecule has 240 valence electrons. The molecule has 0 radical (unpaired) electrons. The fourth-order valence-electron chi connectivity index (χ4n) is 5.50. The van der Waals surface area contributed by atoms with Crippen molar-refractivity contribution < 1.29 is 19.1 Å². The summed E-state index contributed by atoms with van der Waals surface area (Å²) in [6, 6.07) is 15.2. The summed E-state index contributed by atoms with van der Waals surface area (Å²) in [6.07, 6.45) is 0.971. The normalized spacial score (nSPS) is 14.8. The lowest BCUT2D eigenvalue weighted by Gasteiger charge is -2.34. The molecule has 3 heterocycles. The zero-order valence-electron chi connectivity index (χ0n) is 26.7. The van der Waals surface area contributed by atoms with Crippen LogP contribution in [0.3, 0.4) is 0 Å². The molecule has 46 heavy (non-hydrogen) atoms. The number of methoxy groups -OCH3 is 1. The van der Waals surface area contributed by atoms with Crippen LogP contribution in [-0.2, 0) is 17.8 Å². The lowest BCUT2D eigenvalue weighted by Crippen LogP contribution is -2.49. The van der Waals surface area contributed by atoms with Crippen LogP contribution in [0.15, 0.2) is 64.2 Å². The highest BCUT2D eigenvalue weighted by Gasteiger charge is 2.30. The summed E-state index contributed by atoms with van der Waals surface area (Å²) in [5, 5.41) is 2.95. The number of nitrogens with one attached hydrogen (secondary N) is 1. The first-order chi connectivity index (χ1) is 22.0. The van der Waals surface area contributed by atoms with E-state index < -0.39 is 35.3 Å². The minimum Gasteiger partial charge on any atom is -0.497 e. The monoisotopic (exact) mass is 626 g/mol. The molecule has 2 aromatic carbocycles. The Kier molecular flexibility index (Phi) is 9.32. The molecule has 1 N–H and O–H groups in total. The Hall–Kier alpha value is -5.31. The maximum Gasteiger partial charge on any atom is 0.407 e. The van der Waals surface area contributed by atoms with E-state index >= 15 is 0 Å². The lowest BCUT2D eigenvalue weighted by molar-refractivity contribution is 0.0499. The summed E-state index contributed by atoms with van der Waals surface area (Å²) >= 11 is 0. The third kappa shape index (κ3) is 6.83. The van der Waals surface area contributed by atoms with Gasteiger partial charge in [0.25, 0.3) is 5.56 Å². The van der Waals surface area contributed by atoms with E-state index in [1.54, 1.807) is 80.8 Å². The number of hydrogen-bond acceptors (Lipinski definition) is 8. The number of nitrogens with zero attached hydrogens (tertiary/aromatic N) is 5. The lowest BCUT2D eigenvalue weighted by atomic mass is 10.1. The molecule has 0 bridgehead atoms. The van der Waals surface area contributed by atoms with Gasteiger partial charge in [0.1, 0.15) is 11.4 Å². The number of rotatable bonds is 8. The second-order valence-electron chi connectivity index (χ2n) is 12.0. The summed E-state index contributed by atoms with van der Waals surface area (Å²) in [7, 11) is 1.50. The van der Waals surface area contributed by atoms with Gasteiger partial charge in [0.05, 0.1) is 25.9 Å². The molecular formula is C34H38N6O6. The molecule has 1 aliphatic rings. The van der Waals surface area contributed by atoms with Crippen LogP contribution in [0.2, 0.25) is 0 Å². The molecule has 1 amide bonds. The molecular weight excluding hydrogens is 588 g/mol. The molecule has 1 atom stereocenters. The number of ketones is 1. The molecule has 0 aliphatic carbocycles. The maximum absolute atomic E-state index is 14.2. The number of para-hydroxylation sites is 1. The van der Waals surface area contributed by atoms with Crippen molar-refractivity contribution in [1.29, 1.82) is 0 Å². The van der Waals surface area contributed by atoms with Gasteiger partial charge in [0.15, 0.2) is 16.9 Å². The summed E-state index contributed by atoms with van der Waals surface area (Å²) < 4.78 is 14.7. The van der Waals surface area contributed by atoms with Gasteiger partial charge in [-0.3, -0.25) is 18.7 Å². The van der Waals surface area contributed by atoms with Gasteiger partial charge in [-0.2, -0.15) is 4.98 Å². The largest absolute Gasteiger partial charge is 0.497 e. The molecule has 0 unspecified atom stereocenters. The molecule has 0 spiro atoms. The quantitative estimate of drug-likeness (QED) is 0.231. The summed E-state index contributed by atoms with van der Waals surface area (Å²) in [5.74, 6) is 6.40. The Morgan fingerprint density at radius 1 is 1.07 bits per heavy atom. The number of aromatic nitrogens is 4. The Morgan fingerprint density at radius 2 is 1.83 bits per heavy atom. The van der Waals surface area contributed by atoms with Gasteiger partial charge in [-0.15, -0.1) is 5.92 Å². The molecule has 1 fully saturated rings. The van der Waals surface area contributed by atoms with Crippen LogP contribution in [0.5, 0.6) is 5.75 Å². The van der Waals surface area contributed by atoms with Crippen molar-refractivity contribution in [1.82, 2.24) is 24.0 Å². The summed E-state index contributed by atoms with van der Waals surface area (Å²) in [4.78, 5) is 61.2. The highest BCUT2D eigenvalue weighted by Crippen LogP contribution is 2.25. The number of carbonyl (C=O) groups excluding carboxylic acids is 2. The third-order valence-corrected chi connectivity index (χ3v) is 7.56. The van der Waals surface area contributed by atoms with Gasteiger partial charge < -0.3 is 19.7 Å². The van der Waals surface area contributed by atoms with E-state index in [4.69, 9.17) is 14.5 Å². The van der Waals surface area contributed by atoms with Gasteiger partial charge in [-0.25, -0.2) is 14.2 Å². The smallest absolute Gasteiger partial charge is 0.407 e. The number of anilines is 1. The topological polar surface area (TPSA) is 130 Å². The van der Waals surface area contributed by atoms with E-state index in [1.807, 2.05) is 11.0 Å². The van der Waals surface area contributed by atoms with Crippen LogP contribution in [0.25, 0.3) is 16.9 Å². The number of benzene rings is 2. The molecule has 0 saturated carbocycles. The number of hydrogen-bond donors (Lipinski definition) is 1. The van der Waals surface area contributed by atoms with Crippen molar-refractivity contribution in [3.63, 3.8) is 0 Å². The average Bonchev–Trinajstić information content (AvgIpc) is 3.40. The van der Waals surface area contributed by atoms with Gasteiger partial charge in [0.2, 0.25) is 5.95 Å². The van der Waals surface area contributed by atoms with E-state index in [-0.39, 0.29) is 23.8 Å². The molecule has 5 rings (SSSR count). The Morgan fingerprint density at radius 3 is 2.52 bits per heavy atom. The van der Waals surface area contributed by atoms with E-state index in [1.165, 1.54) is 11.7 Å². The summed E-state index contributed by atoms with van der Waals surface area (Å²) in [5.41, 5.74) is -0.897. The van der Waals surface area contributed by atoms with E-state index in [0.29, 0.717) is 36.0 Å². The maximum atomic E-state index is 14.2. The number of imidazole rings is 1. The van der Waals surface area contributed by atoms with Crippen molar-refractivity contribution in [2.24, 2.45) is 0 Å². The van der Waals surface area contributed by atoms with Gasteiger partial charge in [0, 0.05) is 24.7 Å². The fraction of sp³-hybridized carbons (Fsp3) is 0.382. The molecule has 1 aliphatic heterocycles. The predicted molar refractivity (Wildman–Crippen MR) is 175 cm³/mol. The van der Waals surface area contributed by atoms with Crippen LogP contribution in [0.4, 0.5) is 10.7 Å². The van der Waals surface area contributed by atoms with Crippen molar-refractivity contribution in [2.45, 2.75) is 65.3 Å². The van der Waals surface area contributed by atoms with Gasteiger partial charge in [-0.1, -0.05) is 36.3 Å². The molecule has 1 saturated heterocycles. The molecule has 12 nitrogen and oxygen atoms in total.